The molecule has 4 rings (SSSR count). The van der Waals surface area contributed by atoms with E-state index in [2.05, 4.69) is 4.98 Å². The van der Waals surface area contributed by atoms with Crippen LogP contribution in [0.2, 0.25) is 0 Å². The van der Waals surface area contributed by atoms with E-state index >= 15 is 0 Å². The molecule has 0 amide bonds. The van der Waals surface area contributed by atoms with E-state index in [1.54, 1.807) is 6.92 Å². The summed E-state index contributed by atoms with van der Waals surface area (Å²) in [7, 11) is 0. The molecule has 0 fully saturated rings. The number of hydrogen-bond acceptors (Lipinski definition) is 4. The van der Waals surface area contributed by atoms with Gasteiger partial charge in [0.05, 0.1) is 12.0 Å². The molecule has 22 heavy (non-hydrogen) atoms. The molecule has 3 aromatic rings. The van der Waals surface area contributed by atoms with Crippen LogP contribution in [0.25, 0.3) is 33.2 Å². The summed E-state index contributed by atoms with van der Waals surface area (Å²) in [5.41, 5.74) is 4.89. The fraction of sp³-hybridized carbons (Fsp3) is 0.118. The summed E-state index contributed by atoms with van der Waals surface area (Å²) in [5.74, 6) is -0.513. The molecular formula is C17H12N2O3. The summed E-state index contributed by atoms with van der Waals surface area (Å²) in [4.78, 5) is 16.0. The maximum Gasteiger partial charge on any atom is 0.383 e. The molecule has 0 unspecified atom stereocenters. The lowest BCUT2D eigenvalue weighted by Crippen LogP contribution is -2.29. The number of rotatable bonds is 2. The van der Waals surface area contributed by atoms with Crippen LogP contribution in [0, 0.1) is 5.21 Å². The number of hydrogen-bond donors (Lipinski definition) is 0. The van der Waals surface area contributed by atoms with Gasteiger partial charge in [-0.2, -0.15) is 0 Å². The minimum absolute atomic E-state index is 0.177. The number of carbonyl (C=O) groups is 1. The Kier molecular flexibility index (Phi) is 2.63. The summed E-state index contributed by atoms with van der Waals surface area (Å²) >= 11 is 0. The molecule has 5 heteroatoms. The topological polar surface area (TPSA) is 66.1 Å². The van der Waals surface area contributed by atoms with Gasteiger partial charge in [0, 0.05) is 0 Å². The molecule has 2 aromatic carbocycles. The van der Waals surface area contributed by atoms with Crippen molar-refractivity contribution in [3.8, 4) is 22.3 Å². The van der Waals surface area contributed by atoms with E-state index in [9.17, 15) is 10.0 Å². The van der Waals surface area contributed by atoms with Crippen LogP contribution in [0.15, 0.2) is 42.7 Å². The van der Waals surface area contributed by atoms with E-state index in [-0.39, 0.29) is 12.3 Å². The van der Waals surface area contributed by atoms with E-state index in [0.29, 0.717) is 15.6 Å². The zero-order valence-corrected chi connectivity index (χ0v) is 11.9. The molecule has 0 N–H and O–H groups in total. The average Bonchev–Trinajstić information content (AvgIpc) is 2.53. The lowest BCUT2D eigenvalue weighted by atomic mass is 9.80. The largest absolute Gasteiger partial charge is 0.710 e. The second-order valence-electron chi connectivity index (χ2n) is 5.10. The van der Waals surface area contributed by atoms with Crippen LogP contribution in [0.3, 0.4) is 0 Å². The molecule has 0 aliphatic heterocycles. The molecule has 108 valence electrons. The first kappa shape index (κ1) is 12.8. The Morgan fingerprint density at radius 3 is 2.55 bits per heavy atom. The van der Waals surface area contributed by atoms with Gasteiger partial charge in [-0.05, 0) is 46.3 Å². The number of carbonyl (C=O) groups excluding carboxylic acids is 1. The molecule has 1 aromatic heterocycles. The molecule has 0 atom stereocenters. The van der Waals surface area contributed by atoms with Gasteiger partial charge in [0.1, 0.15) is 5.52 Å². The number of aromatic nitrogens is 2. The number of benzene rings is 2. The summed E-state index contributed by atoms with van der Waals surface area (Å²) in [6.07, 6.45) is 1.10. The fourth-order valence-electron chi connectivity index (χ4n) is 2.90. The van der Waals surface area contributed by atoms with Crippen molar-refractivity contribution < 1.29 is 14.3 Å². The minimum Gasteiger partial charge on any atom is -0.710 e. The van der Waals surface area contributed by atoms with Gasteiger partial charge in [-0.15, -0.1) is 0 Å². The molecule has 1 aliphatic carbocycles. The lowest BCUT2D eigenvalue weighted by molar-refractivity contribution is -0.580. The third-order valence-corrected chi connectivity index (χ3v) is 3.90. The average molecular weight is 292 g/mol. The Labute approximate surface area is 126 Å². The van der Waals surface area contributed by atoms with Crippen molar-refractivity contribution >= 4 is 16.9 Å². The number of nitrogens with zero attached hydrogens (tertiary/aromatic N) is 2. The second-order valence-corrected chi connectivity index (χ2v) is 5.10. The molecule has 0 bridgehead atoms. The maximum absolute atomic E-state index is 12.0. The van der Waals surface area contributed by atoms with E-state index < -0.39 is 5.97 Å². The summed E-state index contributed by atoms with van der Waals surface area (Å²) < 4.78 is 5.70. The van der Waals surface area contributed by atoms with Crippen molar-refractivity contribution in [2.45, 2.75) is 6.92 Å². The van der Waals surface area contributed by atoms with Crippen molar-refractivity contribution in [1.82, 2.24) is 4.98 Å². The standard InChI is InChI=1S/C17H12N2O3/c1-2-22-17(20)16-14-7-12-10-5-3-4-6-11(10)13(12)8-15(14)19(21)9-18-16/h3-9H,2H2,1H3. The Morgan fingerprint density at radius 1 is 1.18 bits per heavy atom. The van der Waals surface area contributed by atoms with Crippen molar-refractivity contribution in [1.29, 1.82) is 0 Å². The fourth-order valence-corrected chi connectivity index (χ4v) is 2.90. The van der Waals surface area contributed by atoms with Gasteiger partial charge in [0.2, 0.25) is 0 Å². The highest BCUT2D eigenvalue weighted by atomic mass is 16.5. The quantitative estimate of drug-likeness (QED) is 0.324. The Hall–Kier alpha value is -2.95. The van der Waals surface area contributed by atoms with Gasteiger partial charge in [0.15, 0.2) is 0 Å². The maximum atomic E-state index is 12.0. The Morgan fingerprint density at radius 2 is 1.86 bits per heavy atom. The van der Waals surface area contributed by atoms with Crippen molar-refractivity contribution in [2.24, 2.45) is 0 Å². The summed E-state index contributed by atoms with van der Waals surface area (Å²) in [6, 6.07) is 11.6. The molecule has 0 saturated heterocycles. The highest BCUT2D eigenvalue weighted by molar-refractivity contribution is 6.10. The van der Waals surface area contributed by atoms with Gasteiger partial charge in [0.25, 0.3) is 12.0 Å². The molecule has 1 aliphatic rings. The molecule has 0 spiro atoms. The van der Waals surface area contributed by atoms with Gasteiger partial charge in [-0.1, -0.05) is 24.3 Å². The highest BCUT2D eigenvalue weighted by Gasteiger charge is 2.27. The van der Waals surface area contributed by atoms with E-state index in [1.807, 2.05) is 36.4 Å². The van der Waals surface area contributed by atoms with Crippen LogP contribution >= 0.6 is 0 Å². The van der Waals surface area contributed by atoms with Crippen LogP contribution in [0.4, 0.5) is 0 Å². The van der Waals surface area contributed by atoms with Gasteiger partial charge < -0.3 is 9.94 Å². The van der Waals surface area contributed by atoms with Crippen LogP contribution in [0.1, 0.15) is 17.4 Å². The van der Waals surface area contributed by atoms with Crippen molar-refractivity contribution in [3.05, 3.63) is 53.6 Å². The van der Waals surface area contributed by atoms with E-state index in [4.69, 9.17) is 4.74 Å². The van der Waals surface area contributed by atoms with Gasteiger partial charge in [-0.25, -0.2) is 9.52 Å². The number of ether oxygens (including phenoxy) is 1. The predicted octanol–water partition coefficient (Wildman–Crippen LogP) is 2.69. The first-order valence-electron chi connectivity index (χ1n) is 7.03. The SMILES string of the molecule is CCOC(=O)c1nc[n+]([O-])c2cc3c(cc12)-c1ccccc1-3. The van der Waals surface area contributed by atoms with Crippen LogP contribution in [-0.4, -0.2) is 17.6 Å². The third-order valence-electron chi connectivity index (χ3n) is 3.90. The smallest absolute Gasteiger partial charge is 0.383 e. The van der Waals surface area contributed by atoms with Gasteiger partial charge >= 0.3 is 5.97 Å². The Bertz CT molecular complexity index is 935. The molecular weight excluding hydrogens is 280 g/mol. The molecule has 0 saturated carbocycles. The molecule has 0 radical (unpaired) electrons. The second kappa shape index (κ2) is 4.53. The number of esters is 1. The van der Waals surface area contributed by atoms with Crippen LogP contribution < -0.4 is 4.73 Å². The third kappa shape index (κ3) is 1.62. The number of fused-ring (bicyclic) bond motifs is 5. The van der Waals surface area contributed by atoms with Gasteiger partial charge in [-0.3, -0.25) is 0 Å². The molecule has 5 nitrogen and oxygen atoms in total. The van der Waals surface area contributed by atoms with Crippen molar-refractivity contribution in [2.75, 3.05) is 6.61 Å². The molecule has 1 heterocycles. The summed E-state index contributed by atoms with van der Waals surface area (Å²) in [5, 5.41) is 12.5. The van der Waals surface area contributed by atoms with E-state index in [0.717, 1.165) is 28.6 Å². The minimum atomic E-state index is -0.513. The van der Waals surface area contributed by atoms with Crippen LogP contribution in [-0.2, 0) is 4.74 Å². The lowest BCUT2D eigenvalue weighted by Gasteiger charge is -2.24. The first-order valence-corrected chi connectivity index (χ1v) is 7.03. The van der Waals surface area contributed by atoms with E-state index in [1.165, 1.54) is 0 Å². The zero-order valence-electron chi connectivity index (χ0n) is 11.9. The summed E-state index contributed by atoms with van der Waals surface area (Å²) in [6.45, 7) is 2.00. The normalized spacial score (nSPS) is 11.5. The van der Waals surface area contributed by atoms with Crippen molar-refractivity contribution in [3.63, 3.8) is 0 Å². The highest BCUT2D eigenvalue weighted by Crippen LogP contribution is 2.48. The zero-order chi connectivity index (χ0) is 15.3. The first-order chi connectivity index (χ1) is 10.7. The monoisotopic (exact) mass is 292 g/mol. The Balaban J connectivity index is 1.98. The van der Waals surface area contributed by atoms with Crippen LogP contribution in [0.5, 0.6) is 0 Å². The predicted molar refractivity (Wildman–Crippen MR) is 81.1 cm³/mol.